The summed E-state index contributed by atoms with van der Waals surface area (Å²) in [7, 11) is 0. The van der Waals surface area contributed by atoms with E-state index in [0.717, 1.165) is 36.4 Å². The van der Waals surface area contributed by atoms with Crippen LogP contribution in [0.15, 0.2) is 29.4 Å². The van der Waals surface area contributed by atoms with Crippen LogP contribution in [0.2, 0.25) is 0 Å². The van der Waals surface area contributed by atoms with Crippen molar-refractivity contribution in [2.75, 3.05) is 18.0 Å². The first-order valence-corrected chi connectivity index (χ1v) is 10.8. The molecule has 0 atom stereocenters. The highest BCUT2D eigenvalue weighted by molar-refractivity contribution is 5.83. The quantitative estimate of drug-likeness (QED) is 0.566. The maximum atomic E-state index is 12.5. The molecule has 4 heteroatoms. The molecule has 146 valence electrons. The zero-order valence-electron chi connectivity index (χ0n) is 16.8. The smallest absolute Gasteiger partial charge is 0.240 e. The van der Waals surface area contributed by atoms with Gasteiger partial charge >= 0.3 is 0 Å². The van der Waals surface area contributed by atoms with Gasteiger partial charge in [0.15, 0.2) is 0 Å². The van der Waals surface area contributed by atoms with Crippen molar-refractivity contribution in [1.29, 1.82) is 0 Å². The zero-order valence-corrected chi connectivity index (χ0v) is 16.8. The topological polar surface area (TPSA) is 44.7 Å². The summed E-state index contributed by atoms with van der Waals surface area (Å²) < 4.78 is 0. The van der Waals surface area contributed by atoms with Crippen molar-refractivity contribution in [2.24, 2.45) is 28.3 Å². The van der Waals surface area contributed by atoms with Crippen LogP contribution in [-0.2, 0) is 4.79 Å². The third-order valence-electron chi connectivity index (χ3n) is 7.13. The van der Waals surface area contributed by atoms with Crippen LogP contribution in [-0.4, -0.2) is 25.2 Å². The molecular weight excluding hydrogens is 334 g/mol. The molecule has 0 aromatic heterocycles. The minimum absolute atomic E-state index is 0.0907. The van der Waals surface area contributed by atoms with Crippen LogP contribution in [0.1, 0.15) is 64.4 Å². The molecule has 0 heterocycles. The lowest BCUT2D eigenvalue weighted by Gasteiger charge is -2.56. The number of nitrogens with one attached hydrogen (secondary N) is 1. The van der Waals surface area contributed by atoms with E-state index in [9.17, 15) is 4.79 Å². The number of carbonyl (C=O) groups excluding carboxylic acids is 1. The van der Waals surface area contributed by atoms with Crippen molar-refractivity contribution in [1.82, 2.24) is 5.43 Å². The van der Waals surface area contributed by atoms with Gasteiger partial charge in [0, 0.05) is 25.2 Å². The summed E-state index contributed by atoms with van der Waals surface area (Å²) in [6.07, 6.45) is 10.5. The van der Waals surface area contributed by atoms with Gasteiger partial charge in [-0.1, -0.05) is 12.1 Å². The highest BCUT2D eigenvalue weighted by Crippen LogP contribution is 2.61. The van der Waals surface area contributed by atoms with Crippen molar-refractivity contribution in [3.05, 3.63) is 29.8 Å². The molecule has 0 radical (unpaired) electrons. The van der Waals surface area contributed by atoms with Gasteiger partial charge in [0.25, 0.3) is 0 Å². The molecule has 4 saturated carbocycles. The molecule has 4 bridgehead atoms. The maximum absolute atomic E-state index is 12.5. The number of hydrogen-bond donors (Lipinski definition) is 1. The van der Waals surface area contributed by atoms with Crippen molar-refractivity contribution in [2.45, 2.75) is 58.8 Å². The Hall–Kier alpha value is -1.84. The highest BCUT2D eigenvalue weighted by atomic mass is 16.2. The Labute approximate surface area is 163 Å². The van der Waals surface area contributed by atoms with Gasteiger partial charge in [-0.25, -0.2) is 5.43 Å². The van der Waals surface area contributed by atoms with Crippen LogP contribution in [0.5, 0.6) is 0 Å². The molecule has 1 amide bonds. The van der Waals surface area contributed by atoms with E-state index in [1.165, 1.54) is 44.2 Å². The number of nitrogens with zero attached hydrogens (tertiary/aromatic N) is 2. The fraction of sp³-hybridized carbons (Fsp3) is 0.652. The predicted octanol–water partition coefficient (Wildman–Crippen LogP) is 4.59. The number of benzene rings is 1. The first-order valence-electron chi connectivity index (χ1n) is 10.8. The van der Waals surface area contributed by atoms with E-state index in [1.54, 1.807) is 6.21 Å². The summed E-state index contributed by atoms with van der Waals surface area (Å²) in [5.41, 5.74) is 5.30. The third-order valence-corrected chi connectivity index (χ3v) is 7.13. The number of hydrogen-bond acceptors (Lipinski definition) is 3. The number of carbonyl (C=O) groups is 1. The number of rotatable bonds is 7. The lowest BCUT2D eigenvalue weighted by Crippen LogP contribution is -2.47. The van der Waals surface area contributed by atoms with Crippen LogP contribution >= 0.6 is 0 Å². The van der Waals surface area contributed by atoms with E-state index in [2.05, 4.69) is 53.5 Å². The molecule has 1 N–H and O–H groups in total. The minimum Gasteiger partial charge on any atom is -0.372 e. The minimum atomic E-state index is 0.0907. The molecule has 5 rings (SSSR count). The Balaban J connectivity index is 1.30. The Morgan fingerprint density at radius 1 is 1.07 bits per heavy atom. The molecule has 0 unspecified atom stereocenters. The Morgan fingerprint density at radius 3 is 2.15 bits per heavy atom. The van der Waals surface area contributed by atoms with E-state index >= 15 is 0 Å². The van der Waals surface area contributed by atoms with Gasteiger partial charge in [-0.2, -0.15) is 5.10 Å². The summed E-state index contributed by atoms with van der Waals surface area (Å²) in [5, 5.41) is 4.22. The predicted molar refractivity (Wildman–Crippen MR) is 111 cm³/mol. The molecule has 4 fully saturated rings. The van der Waals surface area contributed by atoms with E-state index in [1.807, 2.05) is 0 Å². The highest BCUT2D eigenvalue weighted by Gasteiger charge is 2.51. The fourth-order valence-electron chi connectivity index (χ4n) is 6.43. The summed E-state index contributed by atoms with van der Waals surface area (Å²) in [6, 6.07) is 8.35. The molecule has 1 aromatic rings. The van der Waals surface area contributed by atoms with Gasteiger partial charge < -0.3 is 4.90 Å². The van der Waals surface area contributed by atoms with Gasteiger partial charge in [-0.15, -0.1) is 0 Å². The van der Waals surface area contributed by atoms with Crippen LogP contribution in [0.25, 0.3) is 0 Å². The Bertz CT molecular complexity index is 655. The number of amides is 1. The zero-order chi connectivity index (χ0) is 18.9. The summed E-state index contributed by atoms with van der Waals surface area (Å²) >= 11 is 0. The van der Waals surface area contributed by atoms with Crippen LogP contribution in [0.4, 0.5) is 5.69 Å². The van der Waals surface area contributed by atoms with Gasteiger partial charge in [-0.05, 0) is 93.2 Å². The molecular formula is C23H33N3O. The van der Waals surface area contributed by atoms with Gasteiger partial charge in [0.1, 0.15) is 0 Å². The summed E-state index contributed by atoms with van der Waals surface area (Å²) in [4.78, 5) is 14.8. The van der Waals surface area contributed by atoms with Crippen molar-refractivity contribution < 1.29 is 4.79 Å². The average molecular weight is 368 g/mol. The lowest BCUT2D eigenvalue weighted by molar-refractivity contribution is -0.129. The molecule has 4 aliphatic rings. The monoisotopic (exact) mass is 367 g/mol. The molecule has 0 spiro atoms. The van der Waals surface area contributed by atoms with Gasteiger partial charge in [0.05, 0.1) is 6.21 Å². The molecule has 27 heavy (non-hydrogen) atoms. The van der Waals surface area contributed by atoms with Crippen LogP contribution < -0.4 is 10.3 Å². The SMILES string of the molecule is CCN(CC)c1ccc(/C=N\NC(=O)CC23CC4CC(CC(C4)C2)C3)cc1. The molecule has 1 aromatic carbocycles. The van der Waals surface area contributed by atoms with E-state index in [-0.39, 0.29) is 11.3 Å². The maximum Gasteiger partial charge on any atom is 0.240 e. The largest absolute Gasteiger partial charge is 0.372 e. The van der Waals surface area contributed by atoms with Crippen LogP contribution in [0.3, 0.4) is 0 Å². The Kier molecular flexibility index (Phi) is 5.25. The normalized spacial score (nSPS) is 31.4. The van der Waals surface area contributed by atoms with Gasteiger partial charge in [0.2, 0.25) is 5.91 Å². The van der Waals surface area contributed by atoms with Crippen LogP contribution in [0, 0.1) is 23.2 Å². The summed E-state index contributed by atoms with van der Waals surface area (Å²) in [6.45, 7) is 6.34. The second kappa shape index (κ2) is 7.65. The second-order valence-corrected chi connectivity index (χ2v) is 9.15. The van der Waals surface area contributed by atoms with Crippen molar-refractivity contribution in [3.8, 4) is 0 Å². The van der Waals surface area contributed by atoms with E-state index < -0.39 is 0 Å². The molecule has 0 aliphatic heterocycles. The van der Waals surface area contributed by atoms with Crippen molar-refractivity contribution in [3.63, 3.8) is 0 Å². The lowest BCUT2D eigenvalue weighted by atomic mass is 9.49. The third kappa shape index (κ3) is 4.04. The standard InChI is InChI=1S/C23H33N3O/c1-3-26(4-2)21-7-5-17(6-8-21)16-24-25-22(27)15-23-12-18-9-19(13-23)11-20(10-18)14-23/h5-8,16,18-20H,3-4,9-15H2,1-2H3,(H,25,27)/b24-16-. The van der Waals surface area contributed by atoms with Crippen molar-refractivity contribution >= 4 is 17.8 Å². The Morgan fingerprint density at radius 2 is 1.63 bits per heavy atom. The fourth-order valence-corrected chi connectivity index (χ4v) is 6.43. The second-order valence-electron chi connectivity index (χ2n) is 9.15. The van der Waals surface area contributed by atoms with E-state index in [4.69, 9.17) is 0 Å². The van der Waals surface area contributed by atoms with Gasteiger partial charge in [-0.3, -0.25) is 4.79 Å². The first-order chi connectivity index (χ1) is 13.1. The first kappa shape index (κ1) is 18.5. The average Bonchev–Trinajstić information content (AvgIpc) is 2.62. The van der Waals surface area contributed by atoms with E-state index in [0.29, 0.717) is 6.42 Å². The number of hydrazone groups is 1. The summed E-state index contributed by atoms with van der Waals surface area (Å²) in [5.74, 6) is 2.75. The molecule has 4 nitrogen and oxygen atoms in total. The molecule has 4 aliphatic carbocycles. The number of anilines is 1. The molecule has 0 saturated heterocycles.